The molecule has 126 valence electrons. The van der Waals surface area contributed by atoms with Crippen LogP contribution in [0, 0.1) is 6.92 Å². The van der Waals surface area contributed by atoms with E-state index in [2.05, 4.69) is 28.5 Å². The lowest BCUT2D eigenvalue weighted by Gasteiger charge is -2.16. The average Bonchev–Trinajstić information content (AvgIpc) is 2.93. The summed E-state index contributed by atoms with van der Waals surface area (Å²) in [6.07, 6.45) is 1.89. The molecule has 5 nitrogen and oxygen atoms in total. The van der Waals surface area contributed by atoms with Crippen molar-refractivity contribution in [2.75, 3.05) is 0 Å². The molecule has 3 rings (SSSR count). The third-order valence-corrected chi connectivity index (χ3v) is 4.33. The quantitative estimate of drug-likeness (QED) is 0.710. The second-order valence-corrected chi connectivity index (χ2v) is 6.75. The summed E-state index contributed by atoms with van der Waals surface area (Å²) in [6.45, 7) is 6.77. The highest BCUT2D eigenvalue weighted by Crippen LogP contribution is 2.17. The summed E-state index contributed by atoms with van der Waals surface area (Å²) >= 11 is 5.93. The molecular weight excluding hydrogens is 324 g/mol. The molecule has 0 N–H and O–H groups in total. The summed E-state index contributed by atoms with van der Waals surface area (Å²) in [7, 11) is 0. The fourth-order valence-corrected chi connectivity index (χ4v) is 3.03. The van der Waals surface area contributed by atoms with E-state index in [1.807, 2.05) is 24.3 Å². The number of nitrogens with zero attached hydrogens (tertiary/aromatic N) is 4. The predicted octanol–water partition coefficient (Wildman–Crippen LogP) is 3.61. The molecule has 3 aromatic rings. The molecule has 0 amide bonds. The highest BCUT2D eigenvalue weighted by atomic mass is 35.5. The molecule has 0 radical (unpaired) electrons. The van der Waals surface area contributed by atoms with Crippen LogP contribution >= 0.6 is 11.6 Å². The van der Waals surface area contributed by atoms with E-state index in [1.165, 1.54) is 10.1 Å². The topological polar surface area (TPSA) is 52.2 Å². The van der Waals surface area contributed by atoms with Crippen molar-refractivity contribution >= 4 is 17.4 Å². The van der Waals surface area contributed by atoms with Gasteiger partial charge in [0, 0.05) is 23.3 Å². The number of benzene rings is 1. The molecule has 1 aromatic carbocycles. The first-order valence-electron chi connectivity index (χ1n) is 8.17. The van der Waals surface area contributed by atoms with Gasteiger partial charge in [-0.3, -0.25) is 4.79 Å². The Hall–Kier alpha value is -2.14. The first-order chi connectivity index (χ1) is 11.5. The Morgan fingerprint density at radius 3 is 2.58 bits per heavy atom. The van der Waals surface area contributed by atoms with Crippen LogP contribution < -0.4 is 5.56 Å². The van der Waals surface area contributed by atoms with Crippen molar-refractivity contribution in [1.29, 1.82) is 0 Å². The van der Waals surface area contributed by atoms with Crippen LogP contribution in [0.1, 0.15) is 43.3 Å². The van der Waals surface area contributed by atoms with Crippen molar-refractivity contribution in [2.24, 2.45) is 0 Å². The average molecular weight is 345 g/mol. The van der Waals surface area contributed by atoms with Crippen LogP contribution in [0.15, 0.2) is 35.1 Å². The van der Waals surface area contributed by atoms with Gasteiger partial charge in [0.1, 0.15) is 5.82 Å². The Morgan fingerprint density at radius 1 is 1.21 bits per heavy atom. The summed E-state index contributed by atoms with van der Waals surface area (Å²) in [5, 5.41) is 4.96. The van der Waals surface area contributed by atoms with E-state index in [-0.39, 0.29) is 11.5 Å². The highest BCUT2D eigenvalue weighted by molar-refractivity contribution is 6.30. The van der Waals surface area contributed by atoms with Crippen molar-refractivity contribution in [1.82, 2.24) is 19.2 Å². The molecule has 0 unspecified atom stereocenters. The summed E-state index contributed by atoms with van der Waals surface area (Å²) < 4.78 is 3.51. The van der Waals surface area contributed by atoms with Gasteiger partial charge in [-0.1, -0.05) is 37.6 Å². The number of hydrogen-bond acceptors (Lipinski definition) is 3. The second kappa shape index (κ2) is 6.77. The molecule has 0 saturated carbocycles. The number of aryl methyl sites for hydroxylation is 3. The van der Waals surface area contributed by atoms with Crippen LogP contribution in [-0.4, -0.2) is 19.2 Å². The van der Waals surface area contributed by atoms with Crippen LogP contribution in [0.2, 0.25) is 5.02 Å². The molecule has 0 atom stereocenters. The zero-order valence-electron chi connectivity index (χ0n) is 14.2. The van der Waals surface area contributed by atoms with Crippen molar-refractivity contribution in [3.8, 4) is 0 Å². The lowest BCUT2D eigenvalue weighted by Crippen LogP contribution is -2.22. The van der Waals surface area contributed by atoms with Gasteiger partial charge < -0.3 is 4.57 Å². The molecule has 0 bridgehead atoms. The summed E-state index contributed by atoms with van der Waals surface area (Å²) in [6, 6.07) is 9.60. The Balaban J connectivity index is 1.89. The minimum atomic E-state index is -0.122. The molecule has 24 heavy (non-hydrogen) atoms. The number of hydrogen-bond donors (Lipinski definition) is 0. The van der Waals surface area contributed by atoms with E-state index in [1.54, 1.807) is 13.0 Å². The van der Waals surface area contributed by atoms with Gasteiger partial charge >= 0.3 is 0 Å². The number of halogens is 1. The Labute approximate surface area is 145 Å². The molecule has 0 spiro atoms. The van der Waals surface area contributed by atoms with Crippen molar-refractivity contribution in [3.63, 3.8) is 0 Å². The van der Waals surface area contributed by atoms with Gasteiger partial charge in [-0.05, 0) is 43.4 Å². The van der Waals surface area contributed by atoms with E-state index >= 15 is 0 Å². The van der Waals surface area contributed by atoms with Gasteiger partial charge in [0.05, 0.1) is 0 Å². The highest BCUT2D eigenvalue weighted by Gasteiger charge is 2.14. The zero-order valence-corrected chi connectivity index (χ0v) is 14.9. The maximum atomic E-state index is 12.2. The minimum absolute atomic E-state index is 0.122. The van der Waals surface area contributed by atoms with Crippen LogP contribution in [0.5, 0.6) is 0 Å². The molecule has 0 saturated heterocycles. The van der Waals surface area contributed by atoms with Gasteiger partial charge in [0.2, 0.25) is 5.78 Å². The largest absolute Gasteiger partial charge is 0.314 e. The molecule has 0 aliphatic rings. The van der Waals surface area contributed by atoms with Crippen LogP contribution in [0.4, 0.5) is 0 Å². The number of aromatic nitrogens is 4. The van der Waals surface area contributed by atoms with Crippen molar-refractivity contribution in [3.05, 3.63) is 62.8 Å². The van der Waals surface area contributed by atoms with E-state index < -0.39 is 0 Å². The molecule has 2 aromatic heterocycles. The molecule has 6 heteroatoms. The SMILES string of the molecule is Cc1nc2n(CCCc3ccc(Cl)cc3)c(C(C)C)cc(=O)n2n1. The maximum Gasteiger partial charge on any atom is 0.275 e. The molecular formula is C18H21ClN4O. The van der Waals surface area contributed by atoms with E-state index in [0.29, 0.717) is 11.6 Å². The molecule has 2 heterocycles. The van der Waals surface area contributed by atoms with E-state index in [9.17, 15) is 4.79 Å². The first-order valence-corrected chi connectivity index (χ1v) is 8.55. The number of rotatable bonds is 5. The third-order valence-electron chi connectivity index (χ3n) is 4.08. The van der Waals surface area contributed by atoms with Crippen molar-refractivity contribution < 1.29 is 0 Å². The van der Waals surface area contributed by atoms with Gasteiger partial charge in [-0.25, -0.2) is 0 Å². The van der Waals surface area contributed by atoms with Gasteiger partial charge in [0.15, 0.2) is 0 Å². The Morgan fingerprint density at radius 2 is 1.92 bits per heavy atom. The van der Waals surface area contributed by atoms with E-state index in [4.69, 9.17) is 11.6 Å². The smallest absolute Gasteiger partial charge is 0.275 e. The van der Waals surface area contributed by atoms with Crippen LogP contribution in [0.25, 0.3) is 5.78 Å². The van der Waals surface area contributed by atoms with Crippen LogP contribution in [-0.2, 0) is 13.0 Å². The lowest BCUT2D eigenvalue weighted by molar-refractivity contribution is 0.587. The summed E-state index contributed by atoms with van der Waals surface area (Å²) in [5.74, 6) is 1.48. The third kappa shape index (κ3) is 3.36. The minimum Gasteiger partial charge on any atom is -0.314 e. The summed E-state index contributed by atoms with van der Waals surface area (Å²) in [4.78, 5) is 16.7. The predicted molar refractivity (Wildman–Crippen MR) is 95.8 cm³/mol. The number of fused-ring (bicyclic) bond motifs is 1. The summed E-state index contributed by atoms with van der Waals surface area (Å²) in [5.41, 5.74) is 2.12. The monoisotopic (exact) mass is 344 g/mol. The fraction of sp³-hybridized carbons (Fsp3) is 0.389. The van der Waals surface area contributed by atoms with Crippen LogP contribution in [0.3, 0.4) is 0 Å². The van der Waals surface area contributed by atoms with Gasteiger partial charge in [-0.2, -0.15) is 9.50 Å². The van der Waals surface area contributed by atoms with Gasteiger partial charge in [-0.15, -0.1) is 5.10 Å². The first kappa shape index (κ1) is 16.7. The normalized spacial score (nSPS) is 11.5. The zero-order chi connectivity index (χ0) is 17.3. The standard InChI is InChI=1S/C18H21ClN4O/c1-12(2)16-11-17(24)23-18(20-13(3)21-23)22(16)10-4-5-14-6-8-15(19)9-7-14/h6-9,11-12H,4-5,10H2,1-3H3. The molecule has 0 fully saturated rings. The Bertz CT molecular complexity index is 909. The fourth-order valence-electron chi connectivity index (χ4n) is 2.91. The maximum absolute atomic E-state index is 12.2. The van der Waals surface area contributed by atoms with E-state index in [0.717, 1.165) is 30.1 Å². The van der Waals surface area contributed by atoms with Gasteiger partial charge in [0.25, 0.3) is 5.56 Å². The second-order valence-electron chi connectivity index (χ2n) is 6.31. The molecule has 0 aliphatic heterocycles. The Kier molecular flexibility index (Phi) is 4.71. The molecule has 0 aliphatic carbocycles. The van der Waals surface area contributed by atoms with Crippen molar-refractivity contribution in [2.45, 2.75) is 46.1 Å². The lowest BCUT2D eigenvalue weighted by atomic mass is 10.1.